The average Bonchev–Trinajstić information content (AvgIpc) is 2.45. The van der Waals surface area contributed by atoms with Crippen molar-refractivity contribution in [1.29, 1.82) is 5.26 Å². The molecule has 1 aliphatic heterocycles. The van der Waals surface area contributed by atoms with Crippen molar-refractivity contribution in [3.05, 3.63) is 29.8 Å². The molecule has 1 N–H and O–H groups in total. The fourth-order valence-corrected chi connectivity index (χ4v) is 3.67. The van der Waals surface area contributed by atoms with Crippen molar-refractivity contribution in [2.75, 3.05) is 11.9 Å². The van der Waals surface area contributed by atoms with Gasteiger partial charge in [-0.2, -0.15) is 5.26 Å². The molecular weight excluding hydrogens is 236 g/mol. The standard InChI is InChI=1S/C16H20N2O/c1-16(2)14(13-7-4-8-19-15(13)16)18-12-6-3-5-11(9-12)10-17/h3,5-6,9,13-15,18H,4,7-8H2,1-2H3. The fourth-order valence-electron chi connectivity index (χ4n) is 3.67. The predicted octanol–water partition coefficient (Wildman–Crippen LogP) is 3.17. The first-order valence-corrected chi connectivity index (χ1v) is 7.01. The van der Waals surface area contributed by atoms with Gasteiger partial charge in [-0.05, 0) is 31.0 Å². The van der Waals surface area contributed by atoms with E-state index < -0.39 is 0 Å². The van der Waals surface area contributed by atoms with Gasteiger partial charge in [0, 0.05) is 29.7 Å². The number of anilines is 1. The molecule has 100 valence electrons. The van der Waals surface area contributed by atoms with E-state index in [2.05, 4.69) is 25.2 Å². The summed E-state index contributed by atoms with van der Waals surface area (Å²) in [4.78, 5) is 0. The Morgan fingerprint density at radius 2 is 2.26 bits per heavy atom. The number of hydrogen-bond acceptors (Lipinski definition) is 3. The maximum absolute atomic E-state index is 8.96. The Kier molecular flexibility index (Phi) is 2.99. The number of nitrogens with one attached hydrogen (secondary N) is 1. The third kappa shape index (κ3) is 2.01. The highest BCUT2D eigenvalue weighted by Gasteiger charge is 2.57. The summed E-state index contributed by atoms with van der Waals surface area (Å²) in [5.41, 5.74) is 1.91. The minimum atomic E-state index is 0.160. The predicted molar refractivity (Wildman–Crippen MR) is 74.8 cm³/mol. The van der Waals surface area contributed by atoms with Crippen LogP contribution < -0.4 is 5.32 Å². The van der Waals surface area contributed by atoms with Gasteiger partial charge in [0.15, 0.2) is 0 Å². The van der Waals surface area contributed by atoms with E-state index in [1.54, 1.807) is 0 Å². The summed E-state index contributed by atoms with van der Waals surface area (Å²) in [7, 11) is 0. The maximum atomic E-state index is 8.96. The lowest BCUT2D eigenvalue weighted by atomic mass is 9.55. The lowest BCUT2D eigenvalue weighted by Crippen LogP contribution is -2.67. The molecule has 2 aliphatic rings. The first-order valence-electron chi connectivity index (χ1n) is 7.01. The number of nitriles is 1. The SMILES string of the molecule is CC1(C)C(Nc2cccc(C#N)c2)C2CCCOC21. The largest absolute Gasteiger partial charge is 0.381 e. The number of hydrogen-bond donors (Lipinski definition) is 1. The van der Waals surface area contributed by atoms with Crippen molar-refractivity contribution in [3.63, 3.8) is 0 Å². The van der Waals surface area contributed by atoms with Crippen molar-refractivity contribution in [1.82, 2.24) is 0 Å². The zero-order valence-electron chi connectivity index (χ0n) is 11.5. The molecule has 1 aliphatic carbocycles. The van der Waals surface area contributed by atoms with Gasteiger partial charge >= 0.3 is 0 Å². The second kappa shape index (κ2) is 4.54. The minimum absolute atomic E-state index is 0.160. The number of ether oxygens (including phenoxy) is 1. The molecule has 2 fully saturated rings. The number of nitrogens with zero attached hydrogens (tertiary/aromatic N) is 1. The smallest absolute Gasteiger partial charge is 0.0992 e. The van der Waals surface area contributed by atoms with E-state index in [4.69, 9.17) is 10.00 Å². The van der Waals surface area contributed by atoms with Crippen molar-refractivity contribution in [2.24, 2.45) is 11.3 Å². The summed E-state index contributed by atoms with van der Waals surface area (Å²) >= 11 is 0. The van der Waals surface area contributed by atoms with Crippen molar-refractivity contribution >= 4 is 5.69 Å². The van der Waals surface area contributed by atoms with Crippen LogP contribution in [-0.4, -0.2) is 18.8 Å². The zero-order chi connectivity index (χ0) is 13.5. The molecule has 3 atom stereocenters. The molecule has 0 radical (unpaired) electrons. The molecule has 0 spiro atoms. The Balaban J connectivity index is 1.77. The van der Waals surface area contributed by atoms with Gasteiger partial charge in [0.1, 0.15) is 0 Å². The van der Waals surface area contributed by atoms with Crippen molar-refractivity contribution in [3.8, 4) is 6.07 Å². The van der Waals surface area contributed by atoms with Gasteiger partial charge in [0.05, 0.1) is 17.7 Å². The normalized spacial score (nSPS) is 31.7. The highest BCUT2D eigenvalue weighted by atomic mass is 16.5. The summed E-state index contributed by atoms with van der Waals surface area (Å²) in [5.74, 6) is 0.606. The summed E-state index contributed by atoms with van der Waals surface area (Å²) in [5, 5.41) is 12.6. The molecule has 3 nitrogen and oxygen atoms in total. The molecule has 1 saturated heterocycles. The van der Waals surface area contributed by atoms with Gasteiger partial charge in [-0.15, -0.1) is 0 Å². The van der Waals surface area contributed by atoms with E-state index in [0.29, 0.717) is 23.6 Å². The Hall–Kier alpha value is -1.53. The fraction of sp³-hybridized carbons (Fsp3) is 0.562. The van der Waals surface area contributed by atoms with E-state index in [9.17, 15) is 0 Å². The Labute approximate surface area is 114 Å². The molecule has 3 rings (SSSR count). The minimum Gasteiger partial charge on any atom is -0.381 e. The average molecular weight is 256 g/mol. The number of rotatable bonds is 2. The van der Waals surface area contributed by atoms with E-state index in [-0.39, 0.29) is 5.41 Å². The monoisotopic (exact) mass is 256 g/mol. The van der Waals surface area contributed by atoms with Crippen LogP contribution in [0.1, 0.15) is 32.3 Å². The van der Waals surface area contributed by atoms with E-state index >= 15 is 0 Å². The van der Waals surface area contributed by atoms with Crippen LogP contribution in [0.4, 0.5) is 5.69 Å². The molecule has 1 saturated carbocycles. The molecular formula is C16H20N2O. The van der Waals surface area contributed by atoms with Crippen LogP contribution in [0, 0.1) is 22.7 Å². The Morgan fingerprint density at radius 3 is 3.05 bits per heavy atom. The zero-order valence-corrected chi connectivity index (χ0v) is 11.5. The summed E-state index contributed by atoms with van der Waals surface area (Å²) in [6, 6.07) is 10.4. The first-order chi connectivity index (χ1) is 9.13. The molecule has 1 heterocycles. The van der Waals surface area contributed by atoms with Gasteiger partial charge in [0.25, 0.3) is 0 Å². The van der Waals surface area contributed by atoms with E-state index in [1.807, 2.05) is 24.3 Å². The molecule has 3 heteroatoms. The summed E-state index contributed by atoms with van der Waals surface area (Å²) in [6.07, 6.45) is 2.79. The lowest BCUT2D eigenvalue weighted by molar-refractivity contribution is -0.177. The van der Waals surface area contributed by atoms with Crippen LogP contribution in [0.5, 0.6) is 0 Å². The van der Waals surface area contributed by atoms with Gasteiger partial charge in [-0.3, -0.25) is 0 Å². The van der Waals surface area contributed by atoms with Crippen LogP contribution in [-0.2, 0) is 4.74 Å². The van der Waals surface area contributed by atoms with Crippen molar-refractivity contribution < 1.29 is 4.74 Å². The molecule has 1 aromatic rings. The van der Waals surface area contributed by atoms with Crippen LogP contribution in [0.25, 0.3) is 0 Å². The molecule has 0 aromatic heterocycles. The molecule has 1 aromatic carbocycles. The highest BCUT2D eigenvalue weighted by molar-refractivity contribution is 5.51. The Bertz CT molecular complexity index is 518. The van der Waals surface area contributed by atoms with Crippen LogP contribution in [0.3, 0.4) is 0 Å². The number of fused-ring (bicyclic) bond motifs is 1. The third-order valence-electron chi connectivity index (χ3n) is 4.64. The van der Waals surface area contributed by atoms with Crippen molar-refractivity contribution in [2.45, 2.75) is 38.8 Å². The topological polar surface area (TPSA) is 45.0 Å². The van der Waals surface area contributed by atoms with Gasteiger partial charge < -0.3 is 10.1 Å². The summed E-state index contributed by atoms with van der Waals surface area (Å²) < 4.78 is 5.91. The maximum Gasteiger partial charge on any atom is 0.0992 e. The third-order valence-corrected chi connectivity index (χ3v) is 4.64. The lowest BCUT2D eigenvalue weighted by Gasteiger charge is -2.60. The second-order valence-electron chi connectivity index (χ2n) is 6.23. The first kappa shape index (κ1) is 12.5. The second-order valence-corrected chi connectivity index (χ2v) is 6.23. The molecule has 0 bridgehead atoms. The van der Waals surface area contributed by atoms with Crippen LogP contribution in [0.15, 0.2) is 24.3 Å². The van der Waals surface area contributed by atoms with E-state index in [1.165, 1.54) is 6.42 Å². The van der Waals surface area contributed by atoms with Gasteiger partial charge in [-0.25, -0.2) is 0 Å². The van der Waals surface area contributed by atoms with E-state index in [0.717, 1.165) is 18.7 Å². The quantitative estimate of drug-likeness (QED) is 0.884. The molecule has 3 unspecified atom stereocenters. The van der Waals surface area contributed by atoms with Crippen LogP contribution in [0.2, 0.25) is 0 Å². The Morgan fingerprint density at radius 1 is 1.42 bits per heavy atom. The molecule has 19 heavy (non-hydrogen) atoms. The summed E-state index contributed by atoms with van der Waals surface area (Å²) in [6.45, 7) is 5.44. The van der Waals surface area contributed by atoms with Gasteiger partial charge in [0.2, 0.25) is 0 Å². The molecule has 0 amide bonds. The van der Waals surface area contributed by atoms with Gasteiger partial charge in [-0.1, -0.05) is 19.9 Å². The number of benzene rings is 1. The van der Waals surface area contributed by atoms with Crippen LogP contribution >= 0.6 is 0 Å². The highest BCUT2D eigenvalue weighted by Crippen LogP contribution is 2.52.